The highest BCUT2D eigenvalue weighted by Crippen LogP contribution is 2.23. The van der Waals surface area contributed by atoms with Crippen LogP contribution in [0.3, 0.4) is 0 Å². The lowest BCUT2D eigenvalue weighted by atomic mass is 9.99. The van der Waals surface area contributed by atoms with Crippen LogP contribution >= 0.6 is 0 Å². The van der Waals surface area contributed by atoms with Crippen molar-refractivity contribution < 1.29 is 9.53 Å². The minimum absolute atomic E-state index is 0.256. The van der Waals surface area contributed by atoms with Gasteiger partial charge in [-0.25, -0.2) is 0 Å². The number of aryl methyl sites for hydroxylation is 1. The number of methoxy groups -OCH3 is 1. The average molecular weight is 394 g/mol. The number of carbonyl (C=O) groups is 1. The molecule has 0 radical (unpaired) electrons. The molecule has 1 saturated heterocycles. The Hall–Kier alpha value is -2.37. The zero-order valence-corrected chi connectivity index (χ0v) is 17.6. The summed E-state index contributed by atoms with van der Waals surface area (Å²) < 4.78 is 5.35. The normalized spacial score (nSPS) is 17.8. The number of rotatable bonds is 5. The number of piperazine rings is 1. The van der Waals surface area contributed by atoms with E-state index in [2.05, 4.69) is 53.1 Å². The molecule has 5 nitrogen and oxygen atoms in total. The number of carbonyl (C=O) groups excluding carboxylic acids is 1. The molecule has 0 aliphatic carbocycles. The van der Waals surface area contributed by atoms with Gasteiger partial charge in [-0.15, -0.1) is 0 Å². The predicted octanol–water partition coefficient (Wildman–Crippen LogP) is 2.71. The van der Waals surface area contributed by atoms with Crippen LogP contribution in [0.15, 0.2) is 42.5 Å². The van der Waals surface area contributed by atoms with E-state index in [1.807, 2.05) is 11.0 Å². The topological polar surface area (TPSA) is 36.0 Å². The van der Waals surface area contributed by atoms with Gasteiger partial charge in [-0.1, -0.05) is 35.9 Å². The molecular weight excluding hydrogens is 362 g/mol. The molecule has 2 heterocycles. The van der Waals surface area contributed by atoms with Gasteiger partial charge in [0.25, 0.3) is 0 Å². The Kier molecular flexibility index (Phi) is 6.16. The molecule has 154 valence electrons. The van der Waals surface area contributed by atoms with Crippen molar-refractivity contribution in [2.24, 2.45) is 0 Å². The molecule has 2 aliphatic heterocycles. The molecule has 0 bridgehead atoms. The zero-order chi connectivity index (χ0) is 20.2. The first kappa shape index (κ1) is 19.9. The summed E-state index contributed by atoms with van der Waals surface area (Å²) in [5, 5.41) is 0. The second-order valence-electron chi connectivity index (χ2n) is 8.24. The molecule has 0 spiro atoms. The monoisotopic (exact) mass is 393 g/mol. The minimum atomic E-state index is 0.256. The first-order valence-corrected chi connectivity index (χ1v) is 10.5. The van der Waals surface area contributed by atoms with E-state index in [0.29, 0.717) is 6.54 Å². The van der Waals surface area contributed by atoms with E-state index in [9.17, 15) is 4.79 Å². The van der Waals surface area contributed by atoms with Gasteiger partial charge in [0.1, 0.15) is 5.75 Å². The molecule has 1 amide bonds. The third-order valence-corrected chi connectivity index (χ3v) is 6.08. The van der Waals surface area contributed by atoms with Crippen molar-refractivity contribution >= 4 is 5.91 Å². The number of amides is 1. The fraction of sp³-hybridized carbons (Fsp3) is 0.458. The number of nitrogens with zero attached hydrogens (tertiary/aromatic N) is 3. The third kappa shape index (κ3) is 4.98. The van der Waals surface area contributed by atoms with Gasteiger partial charge >= 0.3 is 0 Å². The van der Waals surface area contributed by atoms with Gasteiger partial charge in [0.15, 0.2) is 0 Å². The maximum atomic E-state index is 12.9. The molecule has 0 N–H and O–H groups in total. The smallest absolute Gasteiger partial charge is 0.236 e. The van der Waals surface area contributed by atoms with Crippen molar-refractivity contribution in [3.63, 3.8) is 0 Å². The molecule has 0 aromatic heterocycles. The van der Waals surface area contributed by atoms with Crippen LogP contribution in [0, 0.1) is 6.92 Å². The highest BCUT2D eigenvalue weighted by atomic mass is 16.5. The SMILES string of the molecule is COc1ccc2c(c1)CN(CC(=O)N1CCN(Cc3cccc(C)c3)CC1)CC2. The third-order valence-electron chi connectivity index (χ3n) is 6.08. The standard InChI is InChI=1S/C24H31N3O2/c1-19-4-3-5-20(14-19)16-25-10-12-27(13-11-25)24(28)18-26-9-8-21-6-7-23(29-2)15-22(21)17-26/h3-7,14-15H,8-13,16-18H2,1-2H3. The summed E-state index contributed by atoms with van der Waals surface area (Å²) in [4.78, 5) is 19.6. The molecule has 0 atom stereocenters. The summed E-state index contributed by atoms with van der Waals surface area (Å²) in [7, 11) is 1.70. The second kappa shape index (κ2) is 8.97. The zero-order valence-electron chi connectivity index (χ0n) is 17.6. The van der Waals surface area contributed by atoms with Crippen molar-refractivity contribution in [1.82, 2.24) is 14.7 Å². The van der Waals surface area contributed by atoms with Crippen LogP contribution in [0.2, 0.25) is 0 Å². The van der Waals surface area contributed by atoms with E-state index in [1.165, 1.54) is 22.3 Å². The molecule has 1 fully saturated rings. The van der Waals surface area contributed by atoms with Crippen molar-refractivity contribution in [3.8, 4) is 5.75 Å². The maximum Gasteiger partial charge on any atom is 0.236 e. The Bertz CT molecular complexity index is 859. The van der Waals surface area contributed by atoms with Crippen LogP contribution in [0.5, 0.6) is 5.75 Å². The minimum Gasteiger partial charge on any atom is -0.497 e. The number of hydrogen-bond acceptors (Lipinski definition) is 4. The van der Waals surface area contributed by atoms with Gasteiger partial charge in [0.05, 0.1) is 13.7 Å². The molecule has 29 heavy (non-hydrogen) atoms. The van der Waals surface area contributed by atoms with Crippen LogP contribution in [-0.2, 0) is 24.3 Å². The van der Waals surface area contributed by atoms with Gasteiger partial charge in [-0.2, -0.15) is 0 Å². The lowest BCUT2D eigenvalue weighted by Crippen LogP contribution is -2.51. The van der Waals surface area contributed by atoms with Crippen molar-refractivity contribution in [2.75, 3.05) is 46.4 Å². The number of benzene rings is 2. The summed E-state index contributed by atoms with van der Waals surface area (Å²) in [5.41, 5.74) is 5.31. The molecule has 2 aromatic rings. The quantitative estimate of drug-likeness (QED) is 0.783. The van der Waals surface area contributed by atoms with E-state index in [4.69, 9.17) is 4.74 Å². The summed E-state index contributed by atoms with van der Waals surface area (Å²) in [6.07, 6.45) is 0.997. The van der Waals surface area contributed by atoms with E-state index >= 15 is 0 Å². The summed E-state index contributed by atoms with van der Waals surface area (Å²) in [5.74, 6) is 1.15. The Balaban J connectivity index is 1.27. The first-order valence-electron chi connectivity index (χ1n) is 10.5. The molecule has 2 aliphatic rings. The van der Waals surface area contributed by atoms with Crippen LogP contribution < -0.4 is 4.74 Å². The van der Waals surface area contributed by atoms with Gasteiger partial charge < -0.3 is 9.64 Å². The number of ether oxygens (including phenoxy) is 1. The fourth-order valence-electron chi connectivity index (χ4n) is 4.37. The molecule has 0 saturated carbocycles. The number of fused-ring (bicyclic) bond motifs is 1. The number of hydrogen-bond donors (Lipinski definition) is 0. The predicted molar refractivity (Wildman–Crippen MR) is 115 cm³/mol. The second-order valence-corrected chi connectivity index (χ2v) is 8.24. The first-order chi connectivity index (χ1) is 14.1. The Morgan fingerprint density at radius 1 is 0.966 bits per heavy atom. The van der Waals surface area contributed by atoms with Crippen LogP contribution in [-0.4, -0.2) is 67.0 Å². The van der Waals surface area contributed by atoms with Crippen LogP contribution in [0.1, 0.15) is 22.3 Å². The Morgan fingerprint density at radius 2 is 1.79 bits per heavy atom. The van der Waals surface area contributed by atoms with E-state index < -0.39 is 0 Å². The van der Waals surface area contributed by atoms with E-state index in [0.717, 1.165) is 58.0 Å². The van der Waals surface area contributed by atoms with Crippen molar-refractivity contribution in [1.29, 1.82) is 0 Å². The lowest BCUT2D eigenvalue weighted by molar-refractivity contribution is -0.134. The van der Waals surface area contributed by atoms with Crippen LogP contribution in [0.25, 0.3) is 0 Å². The van der Waals surface area contributed by atoms with E-state index in [-0.39, 0.29) is 5.91 Å². The van der Waals surface area contributed by atoms with E-state index in [1.54, 1.807) is 7.11 Å². The lowest BCUT2D eigenvalue weighted by Gasteiger charge is -2.36. The van der Waals surface area contributed by atoms with Crippen molar-refractivity contribution in [3.05, 3.63) is 64.7 Å². The molecule has 5 heteroatoms. The summed E-state index contributed by atoms with van der Waals surface area (Å²) in [6.45, 7) is 8.91. The maximum absolute atomic E-state index is 12.9. The van der Waals surface area contributed by atoms with Gasteiger partial charge in [-0.3, -0.25) is 14.6 Å². The Morgan fingerprint density at radius 3 is 2.55 bits per heavy atom. The molecular formula is C24H31N3O2. The van der Waals surface area contributed by atoms with Gasteiger partial charge in [0, 0.05) is 45.8 Å². The molecule has 2 aromatic carbocycles. The summed E-state index contributed by atoms with van der Waals surface area (Å²) in [6, 6.07) is 15.0. The highest BCUT2D eigenvalue weighted by Gasteiger charge is 2.24. The van der Waals surface area contributed by atoms with Gasteiger partial charge in [-0.05, 0) is 42.2 Å². The van der Waals surface area contributed by atoms with Crippen LogP contribution in [0.4, 0.5) is 0 Å². The fourth-order valence-corrected chi connectivity index (χ4v) is 4.37. The summed E-state index contributed by atoms with van der Waals surface area (Å²) >= 11 is 0. The van der Waals surface area contributed by atoms with Crippen molar-refractivity contribution in [2.45, 2.75) is 26.4 Å². The molecule has 4 rings (SSSR count). The average Bonchev–Trinajstić information content (AvgIpc) is 2.73. The Labute approximate surface area is 173 Å². The van der Waals surface area contributed by atoms with Gasteiger partial charge in [0.2, 0.25) is 5.91 Å². The largest absolute Gasteiger partial charge is 0.497 e. The highest BCUT2D eigenvalue weighted by molar-refractivity contribution is 5.78. The molecule has 0 unspecified atom stereocenters.